The van der Waals surface area contributed by atoms with Gasteiger partial charge in [-0.15, -0.1) is 0 Å². The molecule has 1 aliphatic heterocycles. The van der Waals surface area contributed by atoms with Crippen LogP contribution in [0, 0.1) is 11.8 Å². The van der Waals surface area contributed by atoms with Crippen LogP contribution in [0.25, 0.3) is 0 Å². The summed E-state index contributed by atoms with van der Waals surface area (Å²) < 4.78 is 0. The molecule has 88 valence electrons. The van der Waals surface area contributed by atoms with Crippen LogP contribution in [0.2, 0.25) is 0 Å². The summed E-state index contributed by atoms with van der Waals surface area (Å²) in [6.07, 6.45) is 2.95. The van der Waals surface area contributed by atoms with Gasteiger partial charge in [0.05, 0.1) is 0 Å². The lowest BCUT2D eigenvalue weighted by Gasteiger charge is -2.44. The normalized spacial score (nSPS) is 34.0. The van der Waals surface area contributed by atoms with E-state index in [1.54, 1.807) is 0 Å². The third-order valence-electron chi connectivity index (χ3n) is 4.05. The minimum Gasteiger partial charge on any atom is -0.309 e. The predicted molar refractivity (Wildman–Crippen MR) is 65.0 cm³/mol. The van der Waals surface area contributed by atoms with Crippen molar-refractivity contribution in [2.75, 3.05) is 19.6 Å². The maximum Gasteiger partial charge on any atom is 0.0252 e. The van der Waals surface area contributed by atoms with Crippen molar-refractivity contribution in [1.82, 2.24) is 10.2 Å². The Morgan fingerprint density at radius 2 is 2.07 bits per heavy atom. The molecule has 0 amide bonds. The lowest BCUT2D eigenvalue weighted by molar-refractivity contribution is 0.0870. The molecule has 0 aromatic heterocycles. The molecule has 2 unspecified atom stereocenters. The van der Waals surface area contributed by atoms with Gasteiger partial charge in [0.25, 0.3) is 0 Å². The molecule has 1 aliphatic carbocycles. The predicted octanol–water partition coefficient (Wildman–Crippen LogP) is 2.10. The van der Waals surface area contributed by atoms with Crippen LogP contribution in [0.1, 0.15) is 40.5 Å². The second-order valence-electron chi connectivity index (χ2n) is 6.36. The Balaban J connectivity index is 1.87. The first-order valence-corrected chi connectivity index (χ1v) is 6.47. The van der Waals surface area contributed by atoms with Crippen LogP contribution in [0.4, 0.5) is 0 Å². The molecule has 1 heterocycles. The Morgan fingerprint density at radius 3 is 2.67 bits per heavy atom. The average molecular weight is 210 g/mol. The Kier molecular flexibility index (Phi) is 3.09. The first-order valence-electron chi connectivity index (χ1n) is 6.47. The summed E-state index contributed by atoms with van der Waals surface area (Å²) in [4.78, 5) is 2.68. The van der Waals surface area contributed by atoms with E-state index < -0.39 is 0 Å². The number of piperazine rings is 1. The van der Waals surface area contributed by atoms with E-state index in [2.05, 4.69) is 37.9 Å². The Labute approximate surface area is 94.4 Å². The average Bonchev–Trinajstić information content (AvgIpc) is 2.94. The van der Waals surface area contributed by atoms with Gasteiger partial charge in [0.1, 0.15) is 0 Å². The molecule has 1 saturated heterocycles. The van der Waals surface area contributed by atoms with Crippen LogP contribution in [0.5, 0.6) is 0 Å². The summed E-state index contributed by atoms with van der Waals surface area (Å²) in [5, 5.41) is 3.61. The molecule has 2 rings (SSSR count). The number of nitrogens with one attached hydrogen (secondary N) is 1. The van der Waals surface area contributed by atoms with Crippen molar-refractivity contribution in [3.63, 3.8) is 0 Å². The molecule has 2 atom stereocenters. The molecule has 1 saturated carbocycles. The molecule has 0 aromatic rings. The molecule has 0 radical (unpaired) electrons. The molecule has 1 N–H and O–H groups in total. The second kappa shape index (κ2) is 4.06. The van der Waals surface area contributed by atoms with Crippen molar-refractivity contribution in [3.05, 3.63) is 0 Å². The Morgan fingerprint density at radius 1 is 1.40 bits per heavy atom. The van der Waals surface area contributed by atoms with Crippen molar-refractivity contribution in [2.45, 2.75) is 52.1 Å². The number of nitrogens with zero attached hydrogens (tertiary/aromatic N) is 1. The second-order valence-corrected chi connectivity index (χ2v) is 6.36. The summed E-state index contributed by atoms with van der Waals surface area (Å²) in [6.45, 7) is 13.1. The SMILES string of the molecule is CC(CN1CC(C)(C)NCC1C)C1CC1. The van der Waals surface area contributed by atoms with E-state index >= 15 is 0 Å². The minimum atomic E-state index is 0.301. The van der Waals surface area contributed by atoms with E-state index in [1.165, 1.54) is 25.9 Å². The highest BCUT2D eigenvalue weighted by molar-refractivity contribution is 4.92. The molecular weight excluding hydrogens is 184 g/mol. The van der Waals surface area contributed by atoms with E-state index in [9.17, 15) is 0 Å². The fourth-order valence-electron chi connectivity index (χ4n) is 2.70. The van der Waals surface area contributed by atoms with E-state index in [0.717, 1.165) is 18.4 Å². The fourth-order valence-corrected chi connectivity index (χ4v) is 2.70. The van der Waals surface area contributed by atoms with E-state index in [-0.39, 0.29) is 0 Å². The zero-order valence-electron chi connectivity index (χ0n) is 10.7. The van der Waals surface area contributed by atoms with Gasteiger partial charge in [0, 0.05) is 31.2 Å². The first-order chi connectivity index (χ1) is 6.98. The summed E-state index contributed by atoms with van der Waals surface area (Å²) >= 11 is 0. The van der Waals surface area contributed by atoms with Crippen LogP contribution in [-0.4, -0.2) is 36.1 Å². The van der Waals surface area contributed by atoms with Crippen LogP contribution in [0.3, 0.4) is 0 Å². The number of hydrogen-bond donors (Lipinski definition) is 1. The molecule has 2 fully saturated rings. The van der Waals surface area contributed by atoms with Crippen LogP contribution in [-0.2, 0) is 0 Å². The standard InChI is InChI=1S/C13H26N2/c1-10(12-5-6-12)8-15-9-13(3,4)14-7-11(15)2/h10-12,14H,5-9H2,1-4H3. The molecule has 2 nitrogen and oxygen atoms in total. The van der Waals surface area contributed by atoms with Gasteiger partial charge in [-0.05, 0) is 45.4 Å². The zero-order chi connectivity index (χ0) is 11.1. The largest absolute Gasteiger partial charge is 0.309 e. The van der Waals surface area contributed by atoms with Gasteiger partial charge in [0.15, 0.2) is 0 Å². The number of hydrogen-bond acceptors (Lipinski definition) is 2. The Hall–Kier alpha value is -0.0800. The van der Waals surface area contributed by atoms with Crippen LogP contribution < -0.4 is 5.32 Å². The third kappa shape index (κ3) is 2.94. The van der Waals surface area contributed by atoms with Crippen molar-refractivity contribution in [3.8, 4) is 0 Å². The first kappa shape index (κ1) is 11.4. The smallest absolute Gasteiger partial charge is 0.0252 e. The third-order valence-corrected chi connectivity index (χ3v) is 4.05. The van der Waals surface area contributed by atoms with Crippen molar-refractivity contribution in [2.24, 2.45) is 11.8 Å². The van der Waals surface area contributed by atoms with Gasteiger partial charge in [0.2, 0.25) is 0 Å². The number of rotatable bonds is 3. The minimum absolute atomic E-state index is 0.301. The molecular formula is C13H26N2. The molecule has 2 aliphatic rings. The van der Waals surface area contributed by atoms with Gasteiger partial charge in [-0.1, -0.05) is 6.92 Å². The van der Waals surface area contributed by atoms with E-state index in [4.69, 9.17) is 0 Å². The maximum atomic E-state index is 3.61. The Bertz CT molecular complexity index is 221. The molecule has 0 bridgehead atoms. The summed E-state index contributed by atoms with van der Waals surface area (Å²) in [6, 6.07) is 0.708. The molecule has 2 heteroatoms. The van der Waals surface area contributed by atoms with Crippen LogP contribution >= 0.6 is 0 Å². The summed E-state index contributed by atoms with van der Waals surface area (Å²) in [5.74, 6) is 1.94. The van der Waals surface area contributed by atoms with E-state index in [1.807, 2.05) is 0 Å². The van der Waals surface area contributed by atoms with Crippen molar-refractivity contribution >= 4 is 0 Å². The topological polar surface area (TPSA) is 15.3 Å². The summed E-state index contributed by atoms with van der Waals surface area (Å²) in [5.41, 5.74) is 0.301. The van der Waals surface area contributed by atoms with Gasteiger partial charge in [-0.3, -0.25) is 4.90 Å². The van der Waals surface area contributed by atoms with Crippen molar-refractivity contribution in [1.29, 1.82) is 0 Å². The summed E-state index contributed by atoms with van der Waals surface area (Å²) in [7, 11) is 0. The monoisotopic (exact) mass is 210 g/mol. The highest BCUT2D eigenvalue weighted by atomic mass is 15.2. The van der Waals surface area contributed by atoms with Crippen molar-refractivity contribution < 1.29 is 0 Å². The zero-order valence-corrected chi connectivity index (χ0v) is 10.7. The van der Waals surface area contributed by atoms with Gasteiger partial charge < -0.3 is 5.32 Å². The lowest BCUT2D eigenvalue weighted by atomic mass is 9.97. The van der Waals surface area contributed by atoms with Gasteiger partial charge in [-0.25, -0.2) is 0 Å². The molecule has 0 aromatic carbocycles. The van der Waals surface area contributed by atoms with Gasteiger partial charge >= 0.3 is 0 Å². The lowest BCUT2D eigenvalue weighted by Crippen LogP contribution is -2.61. The molecule has 0 spiro atoms. The van der Waals surface area contributed by atoms with Crippen LogP contribution in [0.15, 0.2) is 0 Å². The quantitative estimate of drug-likeness (QED) is 0.767. The van der Waals surface area contributed by atoms with E-state index in [0.29, 0.717) is 11.6 Å². The fraction of sp³-hybridized carbons (Fsp3) is 1.00. The highest BCUT2D eigenvalue weighted by Gasteiger charge is 2.34. The van der Waals surface area contributed by atoms with Gasteiger partial charge in [-0.2, -0.15) is 0 Å². The maximum absolute atomic E-state index is 3.61. The molecule has 15 heavy (non-hydrogen) atoms. The highest BCUT2D eigenvalue weighted by Crippen LogP contribution is 2.37.